The van der Waals surface area contributed by atoms with Gasteiger partial charge in [-0.1, -0.05) is 6.92 Å². The van der Waals surface area contributed by atoms with E-state index in [0.29, 0.717) is 12.5 Å². The molecule has 0 aliphatic rings. The lowest BCUT2D eigenvalue weighted by atomic mass is 10.3. The van der Waals surface area contributed by atoms with Gasteiger partial charge in [-0.15, -0.1) is 0 Å². The van der Waals surface area contributed by atoms with Crippen molar-refractivity contribution in [2.75, 3.05) is 27.2 Å². The largest absolute Gasteiger partial charge is 0.478 e. The molecule has 4 nitrogen and oxygen atoms in total. The molecule has 0 radical (unpaired) electrons. The van der Waals surface area contributed by atoms with Gasteiger partial charge < -0.3 is 9.64 Å². The number of aryl methyl sites for hydroxylation is 1. The third-order valence-electron chi connectivity index (χ3n) is 2.19. The van der Waals surface area contributed by atoms with Crippen LogP contribution in [0.2, 0.25) is 0 Å². The average Bonchev–Trinajstić information content (AvgIpc) is 2.24. The van der Waals surface area contributed by atoms with E-state index in [-0.39, 0.29) is 0 Å². The Balaban J connectivity index is 2.46. The first-order valence-corrected chi connectivity index (χ1v) is 6.72. The van der Waals surface area contributed by atoms with E-state index in [2.05, 4.69) is 51.8 Å². The normalized spacial score (nSPS) is 10.9. The van der Waals surface area contributed by atoms with Gasteiger partial charge in [0.2, 0.25) is 5.88 Å². The Morgan fingerprint density at radius 1 is 1.35 bits per heavy atom. The first-order valence-electron chi connectivity index (χ1n) is 5.92. The molecule has 0 aliphatic carbocycles. The lowest BCUT2D eigenvalue weighted by Gasteiger charge is -2.10. The van der Waals surface area contributed by atoms with Crippen LogP contribution in [-0.4, -0.2) is 42.1 Å². The zero-order chi connectivity index (χ0) is 12.7. The molecule has 0 aliphatic heterocycles. The molecule has 1 aromatic rings. The summed E-state index contributed by atoms with van der Waals surface area (Å²) in [6.45, 7) is 3.82. The van der Waals surface area contributed by atoms with E-state index in [9.17, 15) is 0 Å². The van der Waals surface area contributed by atoms with Crippen molar-refractivity contribution in [1.82, 2.24) is 14.9 Å². The molecule has 96 valence electrons. The lowest BCUT2D eigenvalue weighted by Crippen LogP contribution is -2.15. The third-order valence-corrected chi connectivity index (χ3v) is 2.60. The summed E-state index contributed by atoms with van der Waals surface area (Å²) in [6, 6.07) is 1.81. The van der Waals surface area contributed by atoms with Crippen LogP contribution in [0.5, 0.6) is 5.88 Å². The molecule has 0 atom stereocenters. The minimum atomic E-state index is 0.661. The highest BCUT2D eigenvalue weighted by atomic mass is 79.9. The Morgan fingerprint density at radius 3 is 2.76 bits per heavy atom. The number of hydrogen-bond acceptors (Lipinski definition) is 4. The molecule has 0 N–H and O–H groups in total. The summed E-state index contributed by atoms with van der Waals surface area (Å²) < 4.78 is 6.41. The fourth-order valence-electron chi connectivity index (χ4n) is 1.41. The predicted molar refractivity (Wildman–Crippen MR) is 72.4 cm³/mol. The Morgan fingerprint density at radius 2 is 2.12 bits per heavy atom. The summed E-state index contributed by atoms with van der Waals surface area (Å²) in [4.78, 5) is 10.8. The molecule has 17 heavy (non-hydrogen) atoms. The van der Waals surface area contributed by atoms with Gasteiger partial charge in [-0.2, -0.15) is 4.98 Å². The van der Waals surface area contributed by atoms with E-state index in [0.717, 1.165) is 36.2 Å². The molecule has 1 aromatic heterocycles. The zero-order valence-corrected chi connectivity index (χ0v) is 12.3. The maximum Gasteiger partial charge on any atom is 0.217 e. The van der Waals surface area contributed by atoms with Crippen molar-refractivity contribution < 1.29 is 4.74 Å². The van der Waals surface area contributed by atoms with Crippen LogP contribution in [-0.2, 0) is 6.42 Å². The molecule has 0 bridgehead atoms. The van der Waals surface area contributed by atoms with Crippen LogP contribution in [0.1, 0.15) is 25.6 Å². The molecule has 0 amide bonds. The summed E-state index contributed by atoms with van der Waals surface area (Å²) in [5, 5.41) is 0. The van der Waals surface area contributed by atoms with Crippen molar-refractivity contribution in [3.63, 3.8) is 0 Å². The molecule has 0 unspecified atom stereocenters. The number of rotatable bonds is 7. The van der Waals surface area contributed by atoms with Crippen LogP contribution in [0, 0.1) is 0 Å². The van der Waals surface area contributed by atoms with Crippen LogP contribution < -0.4 is 4.74 Å². The quantitative estimate of drug-likeness (QED) is 0.573. The molecule has 0 aromatic carbocycles. The number of halogens is 1. The smallest absolute Gasteiger partial charge is 0.217 e. The van der Waals surface area contributed by atoms with Crippen LogP contribution in [0.4, 0.5) is 0 Å². The molecule has 5 heteroatoms. The van der Waals surface area contributed by atoms with Gasteiger partial charge in [0.15, 0.2) is 0 Å². The number of ether oxygens (including phenoxy) is 1. The highest BCUT2D eigenvalue weighted by Crippen LogP contribution is 2.15. The molecule has 0 saturated heterocycles. The van der Waals surface area contributed by atoms with Gasteiger partial charge in [-0.25, -0.2) is 4.98 Å². The Labute approximate surface area is 112 Å². The first-order chi connectivity index (χ1) is 8.11. The minimum Gasteiger partial charge on any atom is -0.478 e. The topological polar surface area (TPSA) is 38.2 Å². The molecular formula is C12H20BrN3O. The Bertz CT molecular complexity index is 345. The zero-order valence-electron chi connectivity index (χ0n) is 10.7. The average molecular weight is 302 g/mol. The van der Waals surface area contributed by atoms with Crippen molar-refractivity contribution >= 4 is 15.9 Å². The van der Waals surface area contributed by atoms with Gasteiger partial charge in [0.25, 0.3) is 0 Å². The van der Waals surface area contributed by atoms with Crippen molar-refractivity contribution in [2.24, 2.45) is 0 Å². The predicted octanol–water partition coefficient (Wildman–Crippen LogP) is 2.52. The Kier molecular flexibility index (Phi) is 6.44. The van der Waals surface area contributed by atoms with E-state index in [1.165, 1.54) is 0 Å². The number of nitrogens with zero attached hydrogens (tertiary/aromatic N) is 3. The monoisotopic (exact) mass is 301 g/mol. The van der Waals surface area contributed by atoms with E-state index >= 15 is 0 Å². The number of hydrogen-bond donors (Lipinski definition) is 0. The maximum atomic E-state index is 5.62. The van der Waals surface area contributed by atoms with Crippen molar-refractivity contribution in [2.45, 2.75) is 26.2 Å². The molecular weight excluding hydrogens is 282 g/mol. The SMILES string of the molecule is CCCc1nc(Br)cc(OCCCN(C)C)n1. The highest BCUT2D eigenvalue weighted by molar-refractivity contribution is 9.10. The fraction of sp³-hybridized carbons (Fsp3) is 0.667. The van der Waals surface area contributed by atoms with Crippen molar-refractivity contribution in [1.29, 1.82) is 0 Å². The summed E-state index contributed by atoms with van der Waals surface area (Å²) in [7, 11) is 4.11. The Hall–Kier alpha value is -0.680. The van der Waals surface area contributed by atoms with Crippen molar-refractivity contribution in [3.8, 4) is 5.88 Å². The molecule has 1 rings (SSSR count). The molecule has 0 saturated carbocycles. The van der Waals surface area contributed by atoms with E-state index in [1.54, 1.807) is 0 Å². The molecule has 1 heterocycles. The molecule has 0 fully saturated rings. The third kappa shape index (κ3) is 5.98. The second kappa shape index (κ2) is 7.61. The van der Waals surface area contributed by atoms with Crippen LogP contribution in [0.3, 0.4) is 0 Å². The summed E-state index contributed by atoms with van der Waals surface area (Å²) >= 11 is 3.38. The van der Waals surface area contributed by atoms with Gasteiger partial charge in [-0.3, -0.25) is 0 Å². The fourth-order valence-corrected chi connectivity index (χ4v) is 1.81. The summed E-state index contributed by atoms with van der Waals surface area (Å²) in [5.74, 6) is 1.50. The van der Waals surface area contributed by atoms with Crippen LogP contribution in [0.15, 0.2) is 10.7 Å². The summed E-state index contributed by atoms with van der Waals surface area (Å²) in [5.41, 5.74) is 0. The maximum absolute atomic E-state index is 5.62. The standard InChI is InChI=1S/C12H20BrN3O/c1-4-6-11-14-10(13)9-12(15-11)17-8-5-7-16(2)3/h9H,4-8H2,1-3H3. The van der Waals surface area contributed by atoms with Crippen LogP contribution in [0.25, 0.3) is 0 Å². The molecule has 0 spiro atoms. The minimum absolute atomic E-state index is 0.661. The second-order valence-electron chi connectivity index (χ2n) is 4.20. The first kappa shape index (κ1) is 14.4. The van der Waals surface area contributed by atoms with E-state index < -0.39 is 0 Å². The van der Waals surface area contributed by atoms with E-state index in [4.69, 9.17) is 4.74 Å². The number of aromatic nitrogens is 2. The highest BCUT2D eigenvalue weighted by Gasteiger charge is 2.03. The van der Waals surface area contributed by atoms with Crippen molar-refractivity contribution in [3.05, 3.63) is 16.5 Å². The van der Waals surface area contributed by atoms with E-state index in [1.807, 2.05) is 6.07 Å². The van der Waals surface area contributed by atoms with Crippen LogP contribution >= 0.6 is 15.9 Å². The van der Waals surface area contributed by atoms with Gasteiger partial charge >= 0.3 is 0 Å². The van der Waals surface area contributed by atoms with Gasteiger partial charge in [0.1, 0.15) is 10.4 Å². The summed E-state index contributed by atoms with van der Waals surface area (Å²) in [6.07, 6.45) is 2.92. The van der Waals surface area contributed by atoms with Gasteiger partial charge in [-0.05, 0) is 42.9 Å². The lowest BCUT2D eigenvalue weighted by molar-refractivity contribution is 0.272. The van der Waals surface area contributed by atoms with Gasteiger partial charge in [0.05, 0.1) is 6.61 Å². The van der Waals surface area contributed by atoms with Gasteiger partial charge in [0, 0.05) is 19.0 Å². The second-order valence-corrected chi connectivity index (χ2v) is 5.01.